The minimum atomic E-state index is -0.148. The number of carbonyl (C=O) groups is 1. The van der Waals surface area contributed by atoms with Crippen molar-refractivity contribution in [2.45, 2.75) is 6.42 Å². The van der Waals surface area contributed by atoms with E-state index in [0.29, 0.717) is 24.3 Å². The average molecular weight is 463 g/mol. The molecular weight excluding hydrogens is 448 g/mol. The number of thiophene rings is 1. The number of thiazole rings is 1. The summed E-state index contributed by atoms with van der Waals surface area (Å²) in [5.41, 5.74) is 1.57. The molecule has 0 unspecified atom stereocenters. The van der Waals surface area contributed by atoms with E-state index in [1.54, 1.807) is 48.0 Å². The van der Waals surface area contributed by atoms with Crippen LogP contribution >= 0.6 is 38.6 Å². The Morgan fingerprint density at radius 3 is 3.00 bits per heavy atom. The lowest BCUT2D eigenvalue weighted by atomic mass is 10.2. The molecule has 0 fully saturated rings. The van der Waals surface area contributed by atoms with Gasteiger partial charge in [-0.05, 0) is 45.6 Å². The summed E-state index contributed by atoms with van der Waals surface area (Å²) in [4.78, 5) is 18.9. The molecule has 0 aliphatic heterocycles. The third-order valence-corrected chi connectivity index (χ3v) is 6.40. The van der Waals surface area contributed by atoms with Crippen LogP contribution in [0, 0.1) is 0 Å². The largest absolute Gasteiger partial charge is 0.497 e. The summed E-state index contributed by atoms with van der Waals surface area (Å²) >= 11 is 6.58. The van der Waals surface area contributed by atoms with E-state index < -0.39 is 0 Å². The number of nitrogens with one attached hydrogen (secondary N) is 1. The Morgan fingerprint density at radius 2 is 2.22 bits per heavy atom. The number of benzene rings is 1. The topological polar surface area (TPSA) is 68.5 Å². The van der Waals surface area contributed by atoms with Gasteiger partial charge in [0.15, 0.2) is 5.82 Å². The van der Waals surface area contributed by atoms with Gasteiger partial charge in [-0.2, -0.15) is 4.98 Å². The number of ether oxygens (including phenoxy) is 1. The van der Waals surface area contributed by atoms with Gasteiger partial charge in [0.1, 0.15) is 5.75 Å². The van der Waals surface area contributed by atoms with Crippen molar-refractivity contribution in [3.05, 3.63) is 56.8 Å². The third kappa shape index (κ3) is 3.76. The molecule has 4 aromatic rings. The monoisotopic (exact) mass is 462 g/mol. The first-order valence-electron chi connectivity index (χ1n) is 8.14. The maximum atomic E-state index is 12.5. The van der Waals surface area contributed by atoms with Crippen LogP contribution < -0.4 is 10.1 Å². The van der Waals surface area contributed by atoms with Gasteiger partial charge in [0.2, 0.25) is 4.96 Å². The second-order valence-electron chi connectivity index (χ2n) is 5.69. The third-order valence-electron chi connectivity index (χ3n) is 3.98. The predicted octanol–water partition coefficient (Wildman–Crippen LogP) is 4.26. The van der Waals surface area contributed by atoms with E-state index in [0.717, 1.165) is 25.8 Å². The molecule has 3 aromatic heterocycles. The lowest BCUT2D eigenvalue weighted by Crippen LogP contribution is -2.26. The van der Waals surface area contributed by atoms with Crippen LogP contribution in [0.3, 0.4) is 0 Å². The zero-order valence-corrected chi connectivity index (χ0v) is 17.5. The number of halogens is 1. The van der Waals surface area contributed by atoms with E-state index in [9.17, 15) is 4.79 Å². The molecule has 0 radical (unpaired) electrons. The molecule has 0 atom stereocenters. The fourth-order valence-corrected chi connectivity index (χ4v) is 4.55. The van der Waals surface area contributed by atoms with Crippen LogP contribution in [-0.2, 0) is 6.42 Å². The molecular formula is C18H15BrN4O2S2. The van der Waals surface area contributed by atoms with Crippen molar-refractivity contribution in [3.8, 4) is 16.5 Å². The number of hydrogen-bond acceptors (Lipinski definition) is 6. The highest BCUT2D eigenvalue weighted by molar-refractivity contribution is 9.10. The van der Waals surface area contributed by atoms with E-state index in [1.165, 1.54) is 0 Å². The summed E-state index contributed by atoms with van der Waals surface area (Å²) < 4.78 is 7.77. The molecule has 3 heterocycles. The van der Waals surface area contributed by atoms with Gasteiger partial charge in [0.05, 0.1) is 23.2 Å². The highest BCUT2D eigenvalue weighted by Gasteiger charge is 2.14. The molecule has 0 aliphatic rings. The second-order valence-corrected chi connectivity index (χ2v) is 8.32. The summed E-state index contributed by atoms with van der Waals surface area (Å²) in [6.07, 6.45) is 0.667. The molecule has 9 heteroatoms. The fourth-order valence-electron chi connectivity index (χ4n) is 2.61. The van der Waals surface area contributed by atoms with Gasteiger partial charge in [0.25, 0.3) is 5.91 Å². The van der Waals surface area contributed by atoms with Crippen LogP contribution in [-0.4, -0.2) is 34.2 Å². The lowest BCUT2D eigenvalue weighted by Gasteiger charge is -2.08. The maximum Gasteiger partial charge on any atom is 0.252 e. The van der Waals surface area contributed by atoms with Crippen molar-refractivity contribution >= 4 is 49.5 Å². The normalized spacial score (nSPS) is 11.0. The predicted molar refractivity (Wildman–Crippen MR) is 111 cm³/mol. The SMILES string of the molecule is COc1ccc(Br)c(C(=O)NCCc2csc3nc(-c4cccs4)nn23)c1. The lowest BCUT2D eigenvalue weighted by molar-refractivity contribution is 0.0953. The van der Waals surface area contributed by atoms with Crippen LogP contribution in [0.1, 0.15) is 16.1 Å². The van der Waals surface area contributed by atoms with Gasteiger partial charge < -0.3 is 10.1 Å². The Bertz CT molecular complexity index is 1090. The summed E-state index contributed by atoms with van der Waals surface area (Å²) in [7, 11) is 1.58. The number of fused-ring (bicyclic) bond motifs is 1. The van der Waals surface area contributed by atoms with E-state index in [4.69, 9.17) is 4.74 Å². The Balaban J connectivity index is 1.44. The molecule has 138 valence electrons. The van der Waals surface area contributed by atoms with Crippen molar-refractivity contribution in [1.29, 1.82) is 0 Å². The average Bonchev–Trinajstić information content (AvgIpc) is 3.39. The number of nitrogens with zero attached hydrogens (tertiary/aromatic N) is 3. The molecule has 1 amide bonds. The van der Waals surface area contributed by atoms with Gasteiger partial charge in [0, 0.05) is 22.8 Å². The fraction of sp³-hybridized carbons (Fsp3) is 0.167. The zero-order chi connectivity index (χ0) is 18.8. The first-order chi connectivity index (χ1) is 13.2. The van der Waals surface area contributed by atoms with Crippen LogP contribution in [0.5, 0.6) is 5.75 Å². The number of aromatic nitrogens is 3. The molecule has 0 saturated heterocycles. The van der Waals surface area contributed by atoms with E-state index in [2.05, 4.69) is 31.3 Å². The zero-order valence-electron chi connectivity index (χ0n) is 14.3. The van der Waals surface area contributed by atoms with Crippen LogP contribution in [0.4, 0.5) is 0 Å². The van der Waals surface area contributed by atoms with Crippen LogP contribution in [0.2, 0.25) is 0 Å². The number of carbonyl (C=O) groups excluding carboxylic acids is 1. The van der Waals surface area contributed by atoms with E-state index in [1.807, 2.05) is 27.4 Å². The van der Waals surface area contributed by atoms with Crippen LogP contribution in [0.15, 0.2) is 45.6 Å². The molecule has 0 bridgehead atoms. The molecule has 1 N–H and O–H groups in total. The second kappa shape index (κ2) is 7.79. The molecule has 1 aromatic carbocycles. The van der Waals surface area contributed by atoms with Gasteiger partial charge in [-0.15, -0.1) is 27.8 Å². The Labute approximate surface area is 172 Å². The van der Waals surface area contributed by atoms with E-state index >= 15 is 0 Å². The quantitative estimate of drug-likeness (QED) is 0.464. The van der Waals surface area contributed by atoms with Gasteiger partial charge in [-0.25, -0.2) is 4.52 Å². The van der Waals surface area contributed by atoms with Crippen molar-refractivity contribution in [2.24, 2.45) is 0 Å². The molecule has 4 rings (SSSR count). The van der Waals surface area contributed by atoms with Gasteiger partial charge >= 0.3 is 0 Å². The number of amides is 1. The number of hydrogen-bond donors (Lipinski definition) is 1. The van der Waals surface area contributed by atoms with Crippen LogP contribution in [0.25, 0.3) is 15.7 Å². The maximum absolute atomic E-state index is 12.5. The molecule has 0 spiro atoms. The minimum absolute atomic E-state index is 0.148. The molecule has 6 nitrogen and oxygen atoms in total. The minimum Gasteiger partial charge on any atom is -0.497 e. The Morgan fingerprint density at radius 1 is 1.33 bits per heavy atom. The highest BCUT2D eigenvalue weighted by Crippen LogP contribution is 2.25. The Kier molecular flexibility index (Phi) is 5.24. The summed E-state index contributed by atoms with van der Waals surface area (Å²) in [5, 5.41) is 11.6. The first-order valence-corrected chi connectivity index (χ1v) is 10.7. The molecule has 0 aliphatic carbocycles. The van der Waals surface area contributed by atoms with Crippen molar-refractivity contribution in [3.63, 3.8) is 0 Å². The van der Waals surface area contributed by atoms with Crippen molar-refractivity contribution in [2.75, 3.05) is 13.7 Å². The Hall–Kier alpha value is -2.23. The summed E-state index contributed by atoms with van der Waals surface area (Å²) in [5.74, 6) is 1.24. The smallest absolute Gasteiger partial charge is 0.252 e. The first kappa shape index (κ1) is 18.1. The number of methoxy groups -OCH3 is 1. The standard InChI is InChI=1S/C18H15BrN4O2S2/c1-25-12-4-5-14(19)13(9-12)17(24)20-7-6-11-10-27-18-21-16(22-23(11)18)15-3-2-8-26-15/h2-5,8-10H,6-7H2,1H3,(H,20,24). The number of rotatable bonds is 6. The van der Waals surface area contributed by atoms with Crippen molar-refractivity contribution < 1.29 is 9.53 Å². The molecule has 27 heavy (non-hydrogen) atoms. The van der Waals surface area contributed by atoms with Gasteiger partial charge in [-0.1, -0.05) is 6.07 Å². The van der Waals surface area contributed by atoms with Crippen molar-refractivity contribution in [1.82, 2.24) is 19.9 Å². The van der Waals surface area contributed by atoms with E-state index in [-0.39, 0.29) is 5.91 Å². The highest BCUT2D eigenvalue weighted by atomic mass is 79.9. The summed E-state index contributed by atoms with van der Waals surface area (Å²) in [6.45, 7) is 0.502. The summed E-state index contributed by atoms with van der Waals surface area (Å²) in [6, 6.07) is 9.32. The van der Waals surface area contributed by atoms with Gasteiger partial charge in [-0.3, -0.25) is 4.79 Å². The molecule has 0 saturated carbocycles.